The summed E-state index contributed by atoms with van der Waals surface area (Å²) < 4.78 is 0.922. The van der Waals surface area contributed by atoms with Crippen LogP contribution in [0.25, 0.3) is 9.66 Å². The van der Waals surface area contributed by atoms with E-state index in [0.717, 1.165) is 18.7 Å². The Bertz CT molecular complexity index is 649. The highest BCUT2D eigenvalue weighted by Gasteiger charge is 2.49. The number of piperidine rings is 1. The predicted octanol–water partition coefficient (Wildman–Crippen LogP) is 4.01. The van der Waals surface area contributed by atoms with Crippen LogP contribution >= 0.6 is 38.6 Å². The highest BCUT2D eigenvalue weighted by atomic mass is 79.9. The minimum Gasteiger partial charge on any atom is -0.348 e. The van der Waals surface area contributed by atoms with Crippen molar-refractivity contribution in [2.75, 3.05) is 11.9 Å². The molecule has 2 aromatic heterocycles. The summed E-state index contributed by atoms with van der Waals surface area (Å²) in [6, 6.07) is 0.562. The van der Waals surface area contributed by atoms with E-state index >= 15 is 0 Å². The topological polar surface area (TPSA) is 41.1 Å². The van der Waals surface area contributed by atoms with Crippen molar-refractivity contribution in [1.82, 2.24) is 15.3 Å². The van der Waals surface area contributed by atoms with Gasteiger partial charge in [0.15, 0.2) is 18.7 Å². The Morgan fingerprint density at radius 2 is 1.76 bits per heavy atom. The second-order valence-corrected chi connectivity index (χ2v) is 10.2. The zero-order valence-corrected chi connectivity index (χ0v) is 15.7. The van der Waals surface area contributed by atoms with E-state index in [1.54, 1.807) is 22.7 Å². The second-order valence-electron chi connectivity index (χ2n) is 6.99. The molecule has 2 atom stereocenters. The normalized spacial score (nSPS) is 35.5. The van der Waals surface area contributed by atoms with Crippen LogP contribution in [0.4, 0.5) is 5.13 Å². The lowest BCUT2D eigenvalue weighted by molar-refractivity contribution is 0.208. The molecule has 2 bridgehead atoms. The van der Waals surface area contributed by atoms with E-state index < -0.39 is 0 Å². The van der Waals surface area contributed by atoms with Crippen molar-refractivity contribution in [3.63, 3.8) is 0 Å². The van der Waals surface area contributed by atoms with Crippen molar-refractivity contribution in [3.05, 3.63) is 3.92 Å². The summed E-state index contributed by atoms with van der Waals surface area (Å²) in [4.78, 5) is 13.7. The first-order valence-corrected chi connectivity index (χ1v) is 9.74. The van der Waals surface area contributed by atoms with Crippen molar-refractivity contribution < 1.29 is 0 Å². The first kappa shape index (κ1) is 14.4. The number of thiazole rings is 2. The molecule has 7 heteroatoms. The van der Waals surface area contributed by atoms with Crippen LogP contribution in [0.1, 0.15) is 39.5 Å². The molecule has 2 unspecified atom stereocenters. The standard InChI is InChI=1S/C14H19BrN4S2/c1-13-4-5-14(2,18-13)7-8(6-13)19(3)12-17-10-9(21-12)16-11(15)20-10/h8,18H,4-7H2,1-3H3. The molecule has 2 fully saturated rings. The van der Waals surface area contributed by atoms with Gasteiger partial charge < -0.3 is 10.2 Å². The third-order valence-electron chi connectivity index (χ3n) is 4.99. The number of hydrogen-bond donors (Lipinski definition) is 1. The van der Waals surface area contributed by atoms with Crippen LogP contribution < -0.4 is 10.2 Å². The van der Waals surface area contributed by atoms with Crippen molar-refractivity contribution in [2.45, 2.75) is 56.7 Å². The molecule has 0 saturated carbocycles. The molecule has 2 saturated heterocycles. The molecule has 0 spiro atoms. The molecule has 0 radical (unpaired) electrons. The van der Waals surface area contributed by atoms with Gasteiger partial charge in [-0.15, -0.1) is 0 Å². The van der Waals surface area contributed by atoms with Crippen molar-refractivity contribution in [1.29, 1.82) is 0 Å². The molecule has 4 nitrogen and oxygen atoms in total. The monoisotopic (exact) mass is 386 g/mol. The second kappa shape index (κ2) is 4.63. The Labute approximate surface area is 141 Å². The fourth-order valence-corrected chi connectivity index (χ4v) is 6.57. The van der Waals surface area contributed by atoms with Crippen LogP contribution in [0, 0.1) is 0 Å². The van der Waals surface area contributed by atoms with Gasteiger partial charge in [0.2, 0.25) is 0 Å². The lowest BCUT2D eigenvalue weighted by Gasteiger charge is -2.45. The van der Waals surface area contributed by atoms with E-state index in [0.29, 0.717) is 17.1 Å². The van der Waals surface area contributed by atoms with Gasteiger partial charge in [-0.05, 0) is 55.5 Å². The summed E-state index contributed by atoms with van der Waals surface area (Å²) >= 11 is 6.75. The zero-order valence-electron chi connectivity index (χ0n) is 12.4. The third-order valence-corrected chi connectivity index (χ3v) is 7.56. The maximum absolute atomic E-state index is 4.77. The summed E-state index contributed by atoms with van der Waals surface area (Å²) in [5.74, 6) is 0. The number of hydrogen-bond acceptors (Lipinski definition) is 6. The van der Waals surface area contributed by atoms with E-state index in [2.05, 4.69) is 52.0 Å². The van der Waals surface area contributed by atoms with Crippen LogP contribution in [0.2, 0.25) is 0 Å². The van der Waals surface area contributed by atoms with Gasteiger partial charge in [-0.2, -0.15) is 0 Å². The Hall–Kier alpha value is -0.240. The average molecular weight is 387 g/mol. The van der Waals surface area contributed by atoms with E-state index in [9.17, 15) is 0 Å². The van der Waals surface area contributed by atoms with Gasteiger partial charge in [0, 0.05) is 24.2 Å². The number of halogens is 1. The molecule has 114 valence electrons. The molecule has 0 aromatic carbocycles. The highest BCUT2D eigenvalue weighted by molar-refractivity contribution is 9.11. The van der Waals surface area contributed by atoms with Crippen molar-refractivity contribution >= 4 is 53.4 Å². The molecule has 2 aliphatic rings. The fraction of sp³-hybridized carbons (Fsp3) is 0.714. The van der Waals surface area contributed by atoms with Gasteiger partial charge in [0.05, 0.1) is 0 Å². The predicted molar refractivity (Wildman–Crippen MR) is 93.6 cm³/mol. The number of nitrogens with zero attached hydrogens (tertiary/aromatic N) is 3. The number of aromatic nitrogens is 2. The van der Waals surface area contributed by atoms with E-state index in [-0.39, 0.29) is 0 Å². The first-order chi connectivity index (χ1) is 9.86. The van der Waals surface area contributed by atoms with Gasteiger partial charge >= 0.3 is 0 Å². The molecule has 4 rings (SSSR count). The van der Waals surface area contributed by atoms with Crippen molar-refractivity contribution in [2.24, 2.45) is 0 Å². The summed E-state index contributed by atoms with van der Waals surface area (Å²) in [5, 5.41) is 4.95. The van der Waals surface area contributed by atoms with Crippen LogP contribution in [0.5, 0.6) is 0 Å². The molecule has 21 heavy (non-hydrogen) atoms. The Kier molecular flexibility index (Phi) is 3.17. The molecule has 0 amide bonds. The first-order valence-electron chi connectivity index (χ1n) is 7.31. The van der Waals surface area contributed by atoms with Crippen LogP contribution in [-0.2, 0) is 0 Å². The maximum Gasteiger partial charge on any atom is 0.188 e. The van der Waals surface area contributed by atoms with Gasteiger partial charge in [0.1, 0.15) is 0 Å². The summed E-state index contributed by atoms with van der Waals surface area (Å²) in [6.07, 6.45) is 4.97. The molecular formula is C14H19BrN4S2. The largest absolute Gasteiger partial charge is 0.348 e. The lowest BCUT2D eigenvalue weighted by atomic mass is 9.84. The minimum absolute atomic E-state index is 0.293. The lowest BCUT2D eigenvalue weighted by Crippen LogP contribution is -2.58. The summed E-state index contributed by atoms with van der Waals surface area (Å²) in [6.45, 7) is 4.74. The SMILES string of the molecule is CN(c1nc2sc(Br)nc2s1)C1CC2(C)CCC(C)(C1)N2. The molecule has 2 aliphatic heterocycles. The van der Waals surface area contributed by atoms with Crippen LogP contribution in [0.15, 0.2) is 3.92 Å². The molecule has 1 N–H and O–H groups in total. The van der Waals surface area contributed by atoms with E-state index in [1.165, 1.54) is 25.7 Å². The van der Waals surface area contributed by atoms with E-state index in [1.807, 2.05) is 0 Å². The van der Waals surface area contributed by atoms with Crippen LogP contribution in [-0.4, -0.2) is 34.1 Å². The smallest absolute Gasteiger partial charge is 0.188 e. The third kappa shape index (κ3) is 2.42. The quantitative estimate of drug-likeness (QED) is 0.845. The Balaban J connectivity index is 1.62. The van der Waals surface area contributed by atoms with Gasteiger partial charge in [-0.1, -0.05) is 22.7 Å². The number of nitrogens with one attached hydrogen (secondary N) is 1. The molecule has 2 aromatic rings. The number of rotatable bonds is 2. The average Bonchev–Trinajstić information content (AvgIpc) is 2.97. The summed E-state index contributed by atoms with van der Waals surface area (Å²) in [7, 11) is 2.19. The molecule has 0 aliphatic carbocycles. The summed E-state index contributed by atoms with van der Waals surface area (Å²) in [5.41, 5.74) is 0.587. The maximum atomic E-state index is 4.77. The number of anilines is 1. The molecular weight excluding hydrogens is 368 g/mol. The minimum atomic E-state index is 0.293. The van der Waals surface area contributed by atoms with Crippen molar-refractivity contribution in [3.8, 4) is 0 Å². The fourth-order valence-electron chi connectivity index (χ4n) is 4.01. The van der Waals surface area contributed by atoms with Gasteiger partial charge in [-0.25, -0.2) is 9.97 Å². The Morgan fingerprint density at radius 1 is 1.14 bits per heavy atom. The molecule has 4 heterocycles. The highest BCUT2D eigenvalue weighted by Crippen LogP contribution is 2.44. The van der Waals surface area contributed by atoms with E-state index in [4.69, 9.17) is 4.98 Å². The van der Waals surface area contributed by atoms with Gasteiger partial charge in [-0.3, -0.25) is 0 Å². The van der Waals surface area contributed by atoms with Crippen LogP contribution in [0.3, 0.4) is 0 Å². The Morgan fingerprint density at radius 3 is 2.38 bits per heavy atom. The number of fused-ring (bicyclic) bond motifs is 3. The van der Waals surface area contributed by atoms with Gasteiger partial charge in [0.25, 0.3) is 0 Å². The zero-order chi connectivity index (χ0) is 14.8.